The highest BCUT2D eigenvalue weighted by Crippen LogP contribution is 2.41. The van der Waals surface area contributed by atoms with Gasteiger partial charge in [0.15, 0.2) is 30.8 Å². The number of hydroxylamine groups is 1. The predicted octanol–water partition coefficient (Wildman–Crippen LogP) is 4.92. The highest BCUT2D eigenvalue weighted by atomic mass is 19.4. The van der Waals surface area contributed by atoms with Crippen molar-refractivity contribution < 1.29 is 46.9 Å². The summed E-state index contributed by atoms with van der Waals surface area (Å²) in [5.74, 6) is -0.550. The van der Waals surface area contributed by atoms with Crippen molar-refractivity contribution >= 4 is 11.7 Å². The summed E-state index contributed by atoms with van der Waals surface area (Å²) in [6.07, 6.45) is -2.18. The standard InChI is InChI=1S/C28H33F3N2O6/c1-4-36-23-14-19(15-24(37-5-2)25(23)38-18-28(29,30)31)17-33-12-10-27(11-13-33)16-22(32(3)39-27)20-6-8-21(9-7-20)26(34)35/h6-9,14-15H,4-5,10-13,16-18H2,1-3H3/p+1. The number of rotatable bonds is 10. The minimum absolute atomic E-state index is 0.0424. The molecule has 2 aromatic carbocycles. The Morgan fingerprint density at radius 1 is 1.05 bits per heavy atom. The zero-order valence-electron chi connectivity index (χ0n) is 22.3. The van der Waals surface area contributed by atoms with Crippen LogP contribution in [0.4, 0.5) is 13.2 Å². The zero-order valence-corrected chi connectivity index (χ0v) is 22.3. The molecule has 0 aromatic heterocycles. The van der Waals surface area contributed by atoms with Gasteiger partial charge in [0, 0.05) is 38.0 Å². The Balaban J connectivity index is 1.43. The molecule has 0 unspecified atom stereocenters. The summed E-state index contributed by atoms with van der Waals surface area (Å²) in [5.41, 5.74) is 2.70. The second-order valence-corrected chi connectivity index (χ2v) is 9.74. The quantitative estimate of drug-likeness (QED) is 0.420. The van der Waals surface area contributed by atoms with Gasteiger partial charge in [-0.1, -0.05) is 0 Å². The molecule has 39 heavy (non-hydrogen) atoms. The van der Waals surface area contributed by atoms with E-state index in [0.29, 0.717) is 6.54 Å². The molecule has 0 radical (unpaired) electrons. The third-order valence-electron chi connectivity index (χ3n) is 6.90. The fraction of sp³-hybridized carbons (Fsp3) is 0.500. The fourth-order valence-electron chi connectivity index (χ4n) is 5.07. The molecule has 212 valence electrons. The monoisotopic (exact) mass is 551 g/mol. The van der Waals surface area contributed by atoms with Crippen LogP contribution in [0.25, 0.3) is 0 Å². The number of nitrogens with zero attached hydrogens (tertiary/aromatic N) is 2. The summed E-state index contributed by atoms with van der Waals surface area (Å²) in [6.45, 7) is 4.72. The first kappa shape index (κ1) is 28.5. The number of alkyl halides is 3. The van der Waals surface area contributed by atoms with E-state index in [2.05, 4.69) is 4.90 Å². The summed E-state index contributed by atoms with van der Waals surface area (Å²) in [7, 11) is 1.87. The maximum atomic E-state index is 12.8. The third kappa shape index (κ3) is 6.95. The van der Waals surface area contributed by atoms with E-state index in [-0.39, 0.29) is 41.6 Å². The van der Waals surface area contributed by atoms with Crippen LogP contribution in [0.1, 0.15) is 54.6 Å². The summed E-state index contributed by atoms with van der Waals surface area (Å²) in [6, 6.07) is 10.2. The van der Waals surface area contributed by atoms with Crippen LogP contribution < -0.4 is 14.2 Å². The molecule has 1 fully saturated rings. The number of aromatic carboxylic acids is 1. The molecule has 2 heterocycles. The highest BCUT2D eigenvalue weighted by Gasteiger charge is 2.49. The van der Waals surface area contributed by atoms with Gasteiger partial charge < -0.3 is 19.3 Å². The number of carboxylic acids is 1. The number of carbonyl (C=O) groups is 1. The van der Waals surface area contributed by atoms with Crippen molar-refractivity contribution in [2.24, 2.45) is 0 Å². The number of halogens is 3. The molecule has 2 aliphatic rings. The normalized spacial score (nSPS) is 17.3. The van der Waals surface area contributed by atoms with Gasteiger partial charge in [0.05, 0.1) is 25.2 Å². The van der Waals surface area contributed by atoms with Crippen molar-refractivity contribution in [1.82, 2.24) is 4.90 Å². The van der Waals surface area contributed by atoms with Gasteiger partial charge in [0.1, 0.15) is 0 Å². The lowest BCUT2D eigenvalue weighted by molar-refractivity contribution is -0.779. The van der Waals surface area contributed by atoms with Crippen molar-refractivity contribution in [1.29, 1.82) is 0 Å². The van der Waals surface area contributed by atoms with E-state index in [1.807, 2.05) is 7.05 Å². The molecule has 2 aromatic rings. The van der Waals surface area contributed by atoms with E-state index in [1.54, 1.807) is 55.0 Å². The van der Waals surface area contributed by atoms with Gasteiger partial charge in [-0.15, -0.1) is 0 Å². The number of ether oxygens (including phenoxy) is 3. The van der Waals surface area contributed by atoms with Gasteiger partial charge in [-0.05, 0) is 60.5 Å². The minimum Gasteiger partial charge on any atom is -0.490 e. The number of piperidine rings is 1. The second-order valence-electron chi connectivity index (χ2n) is 9.74. The zero-order chi connectivity index (χ0) is 28.2. The largest absolute Gasteiger partial charge is 0.490 e. The number of carboxylic acid groups (broad SMARTS) is 1. The molecule has 0 bridgehead atoms. The van der Waals surface area contributed by atoms with Crippen LogP contribution in [0.2, 0.25) is 0 Å². The fourth-order valence-corrected chi connectivity index (χ4v) is 5.07. The molecule has 11 heteroatoms. The van der Waals surface area contributed by atoms with Crippen LogP contribution in [0.5, 0.6) is 17.2 Å². The molecule has 0 saturated carbocycles. The lowest BCUT2D eigenvalue weighted by atomic mass is 9.85. The number of hydrogen-bond donors (Lipinski definition) is 1. The Kier molecular flexibility index (Phi) is 8.58. The summed E-state index contributed by atoms with van der Waals surface area (Å²) in [4.78, 5) is 19.8. The van der Waals surface area contributed by atoms with Gasteiger partial charge in [0.25, 0.3) is 0 Å². The predicted molar refractivity (Wildman–Crippen MR) is 137 cm³/mol. The third-order valence-corrected chi connectivity index (χ3v) is 6.90. The van der Waals surface area contributed by atoms with Crippen LogP contribution in [-0.4, -0.2) is 78.2 Å². The molecule has 8 nitrogen and oxygen atoms in total. The molecule has 4 rings (SSSR count). The van der Waals surface area contributed by atoms with Crippen LogP contribution in [0.15, 0.2) is 36.4 Å². The van der Waals surface area contributed by atoms with Gasteiger partial charge in [-0.3, -0.25) is 9.74 Å². The summed E-state index contributed by atoms with van der Waals surface area (Å²) in [5, 5.41) is 9.17. The molecular formula is C28H34F3N2O6+. The van der Waals surface area contributed by atoms with Crippen molar-refractivity contribution in [2.75, 3.05) is 40.0 Å². The van der Waals surface area contributed by atoms with E-state index in [1.165, 1.54) is 0 Å². The minimum atomic E-state index is -4.48. The van der Waals surface area contributed by atoms with Gasteiger partial charge in [0.2, 0.25) is 11.5 Å². The lowest BCUT2D eigenvalue weighted by Gasteiger charge is -2.35. The highest BCUT2D eigenvalue weighted by molar-refractivity contribution is 5.99. The van der Waals surface area contributed by atoms with Crippen LogP contribution in [-0.2, 0) is 11.4 Å². The average Bonchev–Trinajstić information content (AvgIpc) is 3.20. The molecule has 1 saturated heterocycles. The van der Waals surface area contributed by atoms with Crippen molar-refractivity contribution in [3.63, 3.8) is 0 Å². The molecule has 1 N–H and O–H groups in total. The second kappa shape index (κ2) is 11.7. The Morgan fingerprint density at radius 2 is 1.64 bits per heavy atom. The molecule has 1 spiro atoms. The number of likely N-dealkylation sites (tertiary alicyclic amines) is 1. The summed E-state index contributed by atoms with van der Waals surface area (Å²) < 4.78 is 56.6. The Hall–Kier alpha value is -3.47. The molecule has 2 aliphatic heterocycles. The van der Waals surface area contributed by atoms with Gasteiger partial charge in [-0.2, -0.15) is 13.2 Å². The van der Waals surface area contributed by atoms with E-state index < -0.39 is 18.8 Å². The van der Waals surface area contributed by atoms with E-state index in [9.17, 15) is 18.0 Å². The van der Waals surface area contributed by atoms with Crippen molar-refractivity contribution in [3.05, 3.63) is 53.1 Å². The lowest BCUT2D eigenvalue weighted by Crippen LogP contribution is -2.44. The van der Waals surface area contributed by atoms with Gasteiger partial charge in [-0.25, -0.2) is 4.79 Å². The molecule has 0 aliphatic carbocycles. The van der Waals surface area contributed by atoms with Crippen LogP contribution >= 0.6 is 0 Å². The first-order valence-electron chi connectivity index (χ1n) is 13.0. The van der Waals surface area contributed by atoms with E-state index in [4.69, 9.17) is 24.2 Å². The average molecular weight is 552 g/mol. The Bertz CT molecular complexity index is 1180. The maximum Gasteiger partial charge on any atom is 0.422 e. The van der Waals surface area contributed by atoms with Crippen LogP contribution in [0, 0.1) is 0 Å². The Morgan fingerprint density at radius 3 is 2.15 bits per heavy atom. The van der Waals surface area contributed by atoms with Crippen LogP contribution in [0.3, 0.4) is 0 Å². The first-order chi connectivity index (χ1) is 18.5. The van der Waals surface area contributed by atoms with Gasteiger partial charge >= 0.3 is 12.1 Å². The molecule has 0 amide bonds. The van der Waals surface area contributed by atoms with E-state index >= 15 is 0 Å². The maximum absolute atomic E-state index is 12.8. The SMILES string of the molecule is CCOc1cc(CN2CCC3(CC2)CC(c2ccc(C(=O)O)cc2)=[N+](C)O3)cc(OCC)c1OCC(F)(F)F. The van der Waals surface area contributed by atoms with E-state index in [0.717, 1.165) is 49.2 Å². The number of hydrogen-bond acceptors (Lipinski definition) is 6. The molecule has 0 atom stereocenters. The molecular weight excluding hydrogens is 517 g/mol. The number of benzene rings is 2. The smallest absolute Gasteiger partial charge is 0.422 e. The van der Waals surface area contributed by atoms with Crippen molar-refractivity contribution in [3.8, 4) is 17.2 Å². The first-order valence-corrected chi connectivity index (χ1v) is 13.0. The topological polar surface area (TPSA) is 80.5 Å². The van der Waals surface area contributed by atoms with Crippen molar-refractivity contribution in [2.45, 2.75) is 51.4 Å². The Labute approximate surface area is 225 Å². The summed E-state index contributed by atoms with van der Waals surface area (Å²) >= 11 is 0.